The van der Waals surface area contributed by atoms with E-state index in [1.54, 1.807) is 0 Å². The summed E-state index contributed by atoms with van der Waals surface area (Å²) in [6.07, 6.45) is 13.7. The number of allylic oxidation sites excluding steroid dienone is 2. The van der Waals surface area contributed by atoms with Crippen LogP contribution in [0, 0.1) is 0 Å². The third kappa shape index (κ3) is 6.30. The molecule has 0 aromatic heterocycles. The summed E-state index contributed by atoms with van der Waals surface area (Å²) in [5, 5.41) is 10.7. The fraction of sp³-hybridized carbons (Fsp3) is 0.684. The van der Waals surface area contributed by atoms with Crippen LogP contribution in [0.3, 0.4) is 0 Å². The molecular formula is C19H30O4. The highest BCUT2D eigenvalue weighted by molar-refractivity contribution is 5.94. The Balaban J connectivity index is 2.26. The highest BCUT2D eigenvalue weighted by Crippen LogP contribution is 2.34. The second-order valence-electron chi connectivity index (χ2n) is 6.14. The molecule has 130 valence electrons. The molecule has 0 saturated carbocycles. The maximum Gasteiger partial charge on any atom is 0.305 e. The van der Waals surface area contributed by atoms with E-state index < -0.39 is 5.60 Å². The molecule has 1 atom stereocenters. The van der Waals surface area contributed by atoms with Crippen molar-refractivity contribution in [2.75, 3.05) is 7.11 Å². The number of rotatable bonds is 11. The Labute approximate surface area is 139 Å². The van der Waals surface area contributed by atoms with E-state index in [0.29, 0.717) is 19.3 Å². The summed E-state index contributed by atoms with van der Waals surface area (Å²) in [7, 11) is 1.41. The predicted octanol–water partition coefficient (Wildman–Crippen LogP) is 3.88. The third-order valence-electron chi connectivity index (χ3n) is 4.40. The van der Waals surface area contributed by atoms with Crippen LogP contribution in [0.15, 0.2) is 23.8 Å². The maximum absolute atomic E-state index is 12.0. The van der Waals surface area contributed by atoms with Gasteiger partial charge < -0.3 is 9.84 Å². The van der Waals surface area contributed by atoms with E-state index in [1.807, 2.05) is 25.2 Å². The van der Waals surface area contributed by atoms with Crippen LogP contribution < -0.4 is 0 Å². The Hall–Kier alpha value is -1.42. The van der Waals surface area contributed by atoms with Gasteiger partial charge in [0, 0.05) is 19.3 Å². The van der Waals surface area contributed by atoms with Gasteiger partial charge in [-0.1, -0.05) is 44.4 Å². The Kier molecular flexibility index (Phi) is 8.85. The molecule has 0 aromatic rings. The second kappa shape index (κ2) is 10.4. The Morgan fingerprint density at radius 2 is 1.96 bits per heavy atom. The lowest BCUT2D eigenvalue weighted by Gasteiger charge is -2.23. The van der Waals surface area contributed by atoms with Gasteiger partial charge in [-0.3, -0.25) is 9.59 Å². The number of Topliss-reactive ketones (excluding diaryl/α,β-unsaturated/α-hetero) is 1. The van der Waals surface area contributed by atoms with Gasteiger partial charge in [-0.2, -0.15) is 0 Å². The summed E-state index contributed by atoms with van der Waals surface area (Å²) in [6, 6.07) is 0. The molecule has 0 bridgehead atoms. The topological polar surface area (TPSA) is 63.6 Å². The average Bonchev–Trinajstić information content (AvgIpc) is 2.82. The number of unbranched alkanes of at least 4 members (excludes halogenated alkanes) is 4. The van der Waals surface area contributed by atoms with Gasteiger partial charge in [0.2, 0.25) is 0 Å². The molecule has 4 heteroatoms. The summed E-state index contributed by atoms with van der Waals surface area (Å²) >= 11 is 0. The predicted molar refractivity (Wildman–Crippen MR) is 91.0 cm³/mol. The van der Waals surface area contributed by atoms with Crippen molar-refractivity contribution in [1.29, 1.82) is 0 Å². The normalized spacial score (nSPS) is 21.0. The molecule has 0 saturated heterocycles. The standard InChI is InChI=1S/C19H30O4/c1-3-4-10-15-19(22)16(13-14-17(19)20)11-8-6-5-7-9-12-18(21)23-2/h4,10,13,22H,3,5-9,11-12,14-15H2,1-2H3/b10-4-/t19-/m1/s1. The number of hydrogen-bond acceptors (Lipinski definition) is 4. The molecule has 23 heavy (non-hydrogen) atoms. The Morgan fingerprint density at radius 3 is 2.65 bits per heavy atom. The van der Waals surface area contributed by atoms with Crippen LogP contribution in [0.4, 0.5) is 0 Å². The van der Waals surface area contributed by atoms with Gasteiger partial charge in [-0.25, -0.2) is 0 Å². The van der Waals surface area contributed by atoms with Crippen LogP contribution in [0.1, 0.15) is 71.1 Å². The van der Waals surface area contributed by atoms with Gasteiger partial charge in [0.1, 0.15) is 5.60 Å². The van der Waals surface area contributed by atoms with Gasteiger partial charge in [-0.15, -0.1) is 0 Å². The second-order valence-corrected chi connectivity index (χ2v) is 6.14. The van der Waals surface area contributed by atoms with Crippen molar-refractivity contribution in [3.63, 3.8) is 0 Å². The zero-order valence-corrected chi connectivity index (χ0v) is 14.5. The molecule has 0 fully saturated rings. The first-order chi connectivity index (χ1) is 11.0. The van der Waals surface area contributed by atoms with Gasteiger partial charge in [0.05, 0.1) is 7.11 Å². The van der Waals surface area contributed by atoms with Crippen LogP contribution in [0.5, 0.6) is 0 Å². The molecule has 0 spiro atoms. The third-order valence-corrected chi connectivity index (χ3v) is 4.40. The Bertz CT molecular complexity index is 450. The van der Waals surface area contributed by atoms with E-state index in [2.05, 4.69) is 4.74 Å². The van der Waals surface area contributed by atoms with Crippen molar-refractivity contribution in [2.24, 2.45) is 0 Å². The van der Waals surface area contributed by atoms with E-state index >= 15 is 0 Å². The van der Waals surface area contributed by atoms with Crippen molar-refractivity contribution in [3.05, 3.63) is 23.8 Å². The highest BCUT2D eigenvalue weighted by atomic mass is 16.5. The van der Waals surface area contributed by atoms with Gasteiger partial charge >= 0.3 is 5.97 Å². The zero-order chi connectivity index (χ0) is 17.1. The smallest absolute Gasteiger partial charge is 0.305 e. The van der Waals surface area contributed by atoms with Gasteiger partial charge in [0.15, 0.2) is 5.78 Å². The SMILES string of the molecule is CC/C=C\C[C@]1(O)C(=O)CC=C1CCCCCCCC(=O)OC. The molecule has 0 unspecified atom stereocenters. The van der Waals surface area contributed by atoms with Crippen molar-refractivity contribution < 1.29 is 19.4 Å². The lowest BCUT2D eigenvalue weighted by atomic mass is 9.87. The number of ether oxygens (including phenoxy) is 1. The molecule has 1 aliphatic carbocycles. The van der Waals surface area contributed by atoms with Crippen LogP contribution in [-0.4, -0.2) is 29.6 Å². The first-order valence-corrected chi connectivity index (χ1v) is 8.71. The molecule has 0 heterocycles. The molecular weight excluding hydrogens is 292 g/mol. The Morgan fingerprint density at radius 1 is 1.26 bits per heavy atom. The minimum absolute atomic E-state index is 0.0775. The molecule has 4 nitrogen and oxygen atoms in total. The van der Waals surface area contributed by atoms with Crippen LogP contribution in [-0.2, 0) is 14.3 Å². The van der Waals surface area contributed by atoms with Crippen molar-refractivity contribution >= 4 is 11.8 Å². The quantitative estimate of drug-likeness (QED) is 0.356. The lowest BCUT2D eigenvalue weighted by molar-refractivity contribution is -0.140. The maximum atomic E-state index is 12.0. The van der Waals surface area contributed by atoms with E-state index in [1.165, 1.54) is 7.11 Å². The fourth-order valence-electron chi connectivity index (χ4n) is 2.92. The molecule has 1 aliphatic rings. The lowest BCUT2D eigenvalue weighted by Crippen LogP contribution is -2.36. The van der Waals surface area contributed by atoms with E-state index in [0.717, 1.165) is 50.5 Å². The van der Waals surface area contributed by atoms with Gasteiger partial charge in [-0.05, 0) is 31.3 Å². The van der Waals surface area contributed by atoms with Crippen LogP contribution >= 0.6 is 0 Å². The molecule has 0 aromatic carbocycles. The van der Waals surface area contributed by atoms with Crippen molar-refractivity contribution in [3.8, 4) is 0 Å². The summed E-state index contributed by atoms with van der Waals surface area (Å²) in [4.78, 5) is 23.0. The fourth-order valence-corrected chi connectivity index (χ4v) is 2.92. The molecule has 1 rings (SSSR count). The minimum atomic E-state index is -1.27. The minimum Gasteiger partial charge on any atom is -0.469 e. The monoisotopic (exact) mass is 322 g/mol. The van der Waals surface area contributed by atoms with Crippen LogP contribution in [0.2, 0.25) is 0 Å². The number of carbonyl (C=O) groups is 2. The van der Waals surface area contributed by atoms with E-state index in [4.69, 9.17) is 0 Å². The molecule has 0 amide bonds. The average molecular weight is 322 g/mol. The molecule has 0 radical (unpaired) electrons. The molecule has 0 aliphatic heterocycles. The number of esters is 1. The summed E-state index contributed by atoms with van der Waals surface area (Å²) in [6.45, 7) is 2.04. The summed E-state index contributed by atoms with van der Waals surface area (Å²) < 4.78 is 4.61. The zero-order valence-electron chi connectivity index (χ0n) is 14.5. The largest absolute Gasteiger partial charge is 0.469 e. The summed E-state index contributed by atoms with van der Waals surface area (Å²) in [5.74, 6) is -0.226. The number of methoxy groups -OCH3 is 1. The number of ketones is 1. The van der Waals surface area contributed by atoms with E-state index in [9.17, 15) is 14.7 Å². The highest BCUT2D eigenvalue weighted by Gasteiger charge is 2.41. The van der Waals surface area contributed by atoms with E-state index in [-0.39, 0.29) is 11.8 Å². The first-order valence-electron chi connectivity index (χ1n) is 8.71. The van der Waals surface area contributed by atoms with Gasteiger partial charge in [0.25, 0.3) is 0 Å². The van der Waals surface area contributed by atoms with Crippen LogP contribution in [0.25, 0.3) is 0 Å². The van der Waals surface area contributed by atoms with Crippen molar-refractivity contribution in [1.82, 2.24) is 0 Å². The number of carbonyl (C=O) groups excluding carboxylic acids is 2. The number of hydrogen-bond donors (Lipinski definition) is 1. The summed E-state index contributed by atoms with van der Waals surface area (Å²) in [5.41, 5.74) is -0.380. The van der Waals surface area contributed by atoms with Crippen molar-refractivity contribution in [2.45, 2.75) is 76.7 Å². The number of aliphatic hydroxyl groups is 1. The first kappa shape index (κ1) is 19.6. The molecule has 1 N–H and O–H groups in total.